The number of amides is 1. The van der Waals surface area contributed by atoms with Crippen molar-refractivity contribution >= 4 is 59.2 Å². The highest BCUT2D eigenvalue weighted by Crippen LogP contribution is 2.56. The minimum Gasteiger partial charge on any atom is -0.408 e. The van der Waals surface area contributed by atoms with Gasteiger partial charge in [0.2, 0.25) is 0 Å². The molecular weight excluding hydrogens is 579 g/mol. The Morgan fingerprint density at radius 2 is 1.77 bits per heavy atom. The molecule has 2 aromatic heterocycles. The summed E-state index contributed by atoms with van der Waals surface area (Å²) in [6.07, 6.45) is 5.60. The van der Waals surface area contributed by atoms with E-state index in [0.29, 0.717) is 16.2 Å². The standard InChI is InChI=1S/C33H25N4O4PS.H2/c1-37(42(39)40-21-24-18-22-8-2-3-9-23(22)19-31(24)41-42)33(38)28-11-4-5-12-32(28)43-26-14-15-27-29(35-36-30(27)20-26)16-13-25-10-6-7-17-34-25;/h2-20H,21H2,1H3,(H,35,36);1H/b16-13+;. The lowest BCUT2D eigenvalue weighted by atomic mass is 10.1. The molecular formula is C33H27N4O4PS. The van der Waals surface area contributed by atoms with E-state index in [1.807, 2.05) is 97.1 Å². The molecule has 4 aromatic carbocycles. The van der Waals surface area contributed by atoms with Crippen LogP contribution in [0.1, 0.15) is 28.7 Å². The molecule has 1 N–H and O–H groups in total. The monoisotopic (exact) mass is 606 g/mol. The molecule has 1 aliphatic heterocycles. The van der Waals surface area contributed by atoms with Gasteiger partial charge in [-0.15, -0.1) is 0 Å². The number of carbonyl (C=O) groups excluding carboxylic acids is 1. The number of aromatic amines is 1. The maximum absolute atomic E-state index is 13.8. The number of nitrogens with zero attached hydrogens (tertiary/aromatic N) is 3. The van der Waals surface area contributed by atoms with Gasteiger partial charge in [0.1, 0.15) is 5.75 Å². The first-order chi connectivity index (χ1) is 21.0. The number of fused-ring (bicyclic) bond motifs is 3. The van der Waals surface area contributed by atoms with Crippen LogP contribution in [0.25, 0.3) is 33.8 Å². The number of hydrogen-bond acceptors (Lipinski definition) is 7. The Hall–Kier alpha value is -4.69. The molecule has 0 saturated carbocycles. The maximum atomic E-state index is 13.8. The Bertz CT molecular complexity index is 2090. The summed E-state index contributed by atoms with van der Waals surface area (Å²) in [5.41, 5.74) is 3.70. The van der Waals surface area contributed by atoms with E-state index < -0.39 is 13.7 Å². The molecule has 6 aromatic rings. The summed E-state index contributed by atoms with van der Waals surface area (Å²) in [5.74, 6) is -0.00191. The summed E-state index contributed by atoms with van der Waals surface area (Å²) in [7, 11) is -2.50. The molecule has 10 heteroatoms. The van der Waals surface area contributed by atoms with Gasteiger partial charge >= 0.3 is 7.75 Å². The van der Waals surface area contributed by atoms with Crippen molar-refractivity contribution in [2.24, 2.45) is 0 Å². The van der Waals surface area contributed by atoms with E-state index in [9.17, 15) is 9.36 Å². The van der Waals surface area contributed by atoms with Crippen molar-refractivity contribution in [3.8, 4) is 5.75 Å². The second-order valence-corrected chi connectivity index (χ2v) is 13.1. The smallest absolute Gasteiger partial charge is 0.408 e. The predicted molar refractivity (Wildman–Crippen MR) is 171 cm³/mol. The number of nitrogens with one attached hydrogen (secondary N) is 1. The lowest BCUT2D eigenvalue weighted by molar-refractivity contribution is 0.0828. The Labute approximate surface area is 253 Å². The van der Waals surface area contributed by atoms with Gasteiger partial charge in [0, 0.05) is 35.4 Å². The van der Waals surface area contributed by atoms with E-state index in [1.54, 1.807) is 18.3 Å². The number of rotatable bonds is 6. The van der Waals surface area contributed by atoms with Gasteiger partial charge in [-0.1, -0.05) is 54.2 Å². The lowest BCUT2D eigenvalue weighted by Crippen LogP contribution is -2.29. The number of H-pyrrole nitrogens is 1. The summed E-state index contributed by atoms with van der Waals surface area (Å²) < 4.78 is 26.5. The minimum atomic E-state index is -3.95. The first-order valence-corrected chi connectivity index (χ1v) is 15.9. The SMILES string of the molecule is CN(C(=O)c1ccccc1Sc1ccc2c(/C=C/c3ccccn3)n[nH]c2c1)P1(=O)OCc2cc3ccccc3cc2O1.[HH]. The highest BCUT2D eigenvalue weighted by molar-refractivity contribution is 7.99. The van der Waals surface area contributed by atoms with E-state index in [4.69, 9.17) is 9.05 Å². The molecule has 0 bridgehead atoms. The Kier molecular flexibility index (Phi) is 7.07. The fourth-order valence-electron chi connectivity index (χ4n) is 4.91. The average Bonchev–Trinajstić information content (AvgIpc) is 3.45. The van der Waals surface area contributed by atoms with Gasteiger partial charge in [-0.3, -0.25) is 19.4 Å². The molecule has 1 aliphatic rings. The second-order valence-electron chi connectivity index (χ2n) is 9.97. The normalized spacial score (nSPS) is 16.3. The molecule has 1 unspecified atom stereocenters. The molecule has 8 nitrogen and oxygen atoms in total. The molecule has 7 rings (SSSR count). The van der Waals surface area contributed by atoms with Crippen LogP contribution < -0.4 is 4.52 Å². The van der Waals surface area contributed by atoms with Gasteiger partial charge in [-0.05, 0) is 77.5 Å². The second kappa shape index (κ2) is 11.2. The molecule has 0 spiro atoms. The summed E-state index contributed by atoms with van der Waals surface area (Å²) in [5, 5.41) is 10.5. The van der Waals surface area contributed by atoms with Crippen molar-refractivity contribution in [1.82, 2.24) is 19.9 Å². The molecule has 0 radical (unpaired) electrons. The van der Waals surface area contributed by atoms with Crippen molar-refractivity contribution in [1.29, 1.82) is 0 Å². The first-order valence-electron chi connectivity index (χ1n) is 13.6. The number of benzene rings is 4. The Morgan fingerprint density at radius 3 is 2.60 bits per heavy atom. The predicted octanol–water partition coefficient (Wildman–Crippen LogP) is 8.47. The van der Waals surface area contributed by atoms with E-state index in [-0.39, 0.29) is 8.03 Å². The molecule has 3 heterocycles. The van der Waals surface area contributed by atoms with E-state index in [2.05, 4.69) is 15.2 Å². The molecule has 1 atom stereocenters. The van der Waals surface area contributed by atoms with Crippen LogP contribution in [0.4, 0.5) is 0 Å². The number of pyridine rings is 1. The summed E-state index contributed by atoms with van der Waals surface area (Å²) >= 11 is 1.44. The minimum absolute atomic E-state index is 0. The largest absolute Gasteiger partial charge is 0.491 e. The third-order valence-corrected chi connectivity index (χ3v) is 10.1. The van der Waals surface area contributed by atoms with Crippen LogP contribution in [0.3, 0.4) is 0 Å². The fourth-order valence-corrected chi connectivity index (χ4v) is 7.29. The van der Waals surface area contributed by atoms with E-state index in [1.165, 1.54) is 18.8 Å². The van der Waals surface area contributed by atoms with Crippen LogP contribution in [0.15, 0.2) is 113 Å². The Morgan fingerprint density at radius 1 is 0.977 bits per heavy atom. The third kappa shape index (κ3) is 5.34. The van der Waals surface area contributed by atoms with Crippen LogP contribution in [0.2, 0.25) is 0 Å². The zero-order chi connectivity index (χ0) is 29.4. The zero-order valence-corrected chi connectivity index (χ0v) is 24.7. The van der Waals surface area contributed by atoms with E-state index >= 15 is 0 Å². The highest BCUT2D eigenvalue weighted by Gasteiger charge is 2.41. The average molecular weight is 607 g/mol. The molecule has 0 aliphatic carbocycles. The van der Waals surface area contributed by atoms with Gasteiger partial charge in [-0.2, -0.15) is 5.10 Å². The molecule has 214 valence electrons. The van der Waals surface area contributed by atoms with Crippen molar-refractivity contribution in [2.45, 2.75) is 16.4 Å². The van der Waals surface area contributed by atoms with Crippen LogP contribution in [0, 0.1) is 0 Å². The topological polar surface area (TPSA) is 97.4 Å². The molecule has 0 fully saturated rings. The number of aromatic nitrogens is 3. The lowest BCUT2D eigenvalue weighted by Gasteiger charge is -2.31. The Balaban J connectivity index is 0.00000343. The summed E-state index contributed by atoms with van der Waals surface area (Å²) in [6, 6.07) is 30.6. The van der Waals surface area contributed by atoms with Crippen molar-refractivity contribution in [2.75, 3.05) is 7.05 Å². The maximum Gasteiger partial charge on any atom is 0.491 e. The van der Waals surface area contributed by atoms with Crippen LogP contribution >= 0.6 is 19.5 Å². The van der Waals surface area contributed by atoms with Crippen molar-refractivity contribution < 1.29 is 19.8 Å². The molecule has 0 saturated heterocycles. The van der Waals surface area contributed by atoms with Gasteiger partial charge in [0.15, 0.2) is 0 Å². The van der Waals surface area contributed by atoms with Gasteiger partial charge < -0.3 is 4.52 Å². The first kappa shape index (κ1) is 27.2. The van der Waals surface area contributed by atoms with Gasteiger partial charge in [0.05, 0.1) is 29.1 Å². The molecule has 43 heavy (non-hydrogen) atoms. The molecule has 1 amide bonds. The van der Waals surface area contributed by atoms with Crippen LogP contribution in [-0.2, 0) is 15.7 Å². The summed E-state index contributed by atoms with van der Waals surface area (Å²) in [6.45, 7) is 0.0781. The fraction of sp³-hybridized carbons (Fsp3) is 0.0606. The number of hydrogen-bond donors (Lipinski definition) is 1. The van der Waals surface area contributed by atoms with Crippen molar-refractivity contribution in [3.63, 3.8) is 0 Å². The van der Waals surface area contributed by atoms with Gasteiger partial charge in [-0.25, -0.2) is 9.24 Å². The number of carbonyl (C=O) groups is 1. The van der Waals surface area contributed by atoms with Gasteiger partial charge in [0.25, 0.3) is 5.91 Å². The zero-order valence-electron chi connectivity index (χ0n) is 23.0. The third-order valence-electron chi connectivity index (χ3n) is 7.20. The van der Waals surface area contributed by atoms with Crippen LogP contribution in [0.5, 0.6) is 5.75 Å². The van der Waals surface area contributed by atoms with E-state index in [0.717, 1.165) is 48.2 Å². The van der Waals surface area contributed by atoms with Crippen LogP contribution in [-0.4, -0.2) is 32.8 Å². The quantitative estimate of drug-likeness (QED) is 0.190. The highest BCUT2D eigenvalue weighted by atomic mass is 32.2. The van der Waals surface area contributed by atoms with Crippen molar-refractivity contribution in [3.05, 3.63) is 126 Å². The summed E-state index contributed by atoms with van der Waals surface area (Å²) in [4.78, 5) is 19.7.